The molecule has 0 amide bonds. The van der Waals surface area contributed by atoms with Gasteiger partial charge in [0.05, 0.1) is 0 Å². The maximum atomic E-state index is 9.18. The van der Waals surface area contributed by atoms with Crippen LogP contribution in [0.25, 0.3) is 0 Å². The standard InChI is InChI=1S/Cr.HNO2P2/c;2-4-1-5-3/h;(H,1,2,3). The van der Waals surface area contributed by atoms with Crippen molar-refractivity contribution >= 4 is 17.2 Å². The van der Waals surface area contributed by atoms with Gasteiger partial charge in [0.1, 0.15) is 0 Å². The van der Waals surface area contributed by atoms with Gasteiger partial charge >= 0.3 is 0 Å². The van der Waals surface area contributed by atoms with Gasteiger partial charge in [-0.1, -0.05) is 0 Å². The summed E-state index contributed by atoms with van der Waals surface area (Å²) in [6, 6.07) is 0. The van der Waals surface area contributed by atoms with Crippen LogP contribution in [0.1, 0.15) is 0 Å². The van der Waals surface area contributed by atoms with Crippen molar-refractivity contribution in [2.45, 2.75) is 0 Å². The fraction of sp³-hybridized carbons (Fsp3) is 0. The van der Waals surface area contributed by atoms with Gasteiger partial charge in [0.15, 0.2) is 0 Å². The number of nitrogens with one attached hydrogen (secondary N) is 1. The Balaban J connectivity index is 0. The largest absolute Gasteiger partial charge is 0.257 e. The quantitative estimate of drug-likeness (QED) is 0.614. The van der Waals surface area contributed by atoms with Gasteiger partial charge in [0.25, 0.3) is 17.2 Å². The van der Waals surface area contributed by atoms with Crippen LogP contribution in [-0.4, -0.2) is 0 Å². The van der Waals surface area contributed by atoms with Crippen LogP contribution in [0.2, 0.25) is 0 Å². The van der Waals surface area contributed by atoms with Crippen molar-refractivity contribution in [1.82, 2.24) is 4.86 Å². The summed E-state index contributed by atoms with van der Waals surface area (Å²) < 4.78 is 18.4. The third-order valence-corrected chi connectivity index (χ3v) is 0.735. The summed E-state index contributed by atoms with van der Waals surface area (Å²) >= 11 is 0. The minimum absolute atomic E-state index is 0. The molecule has 34 valence electrons. The predicted octanol–water partition coefficient (Wildman–Crippen LogP) is 0.987. The van der Waals surface area contributed by atoms with E-state index in [-0.39, 0.29) is 34.6 Å². The van der Waals surface area contributed by atoms with E-state index in [0.717, 1.165) is 0 Å². The molecule has 0 aromatic carbocycles. The van der Waals surface area contributed by atoms with Crippen LogP contribution in [0.15, 0.2) is 0 Å². The van der Waals surface area contributed by atoms with Gasteiger partial charge in [-0.2, -0.15) is 4.86 Å². The predicted molar refractivity (Wildman–Crippen MR) is 18.3 cm³/mol. The molecular weight excluding hydrogens is 160 g/mol. The molecule has 0 aromatic rings. The molecule has 0 fully saturated rings. The van der Waals surface area contributed by atoms with Gasteiger partial charge in [-0.15, -0.1) is 0 Å². The molecule has 0 saturated heterocycles. The number of hydrogen-bond acceptors (Lipinski definition) is 2. The van der Waals surface area contributed by atoms with Crippen molar-refractivity contribution in [3.8, 4) is 0 Å². The Kier molecular flexibility index (Phi) is 15.1. The zero-order chi connectivity index (χ0) is 4.12. The van der Waals surface area contributed by atoms with E-state index in [1.165, 1.54) is 0 Å². The summed E-state index contributed by atoms with van der Waals surface area (Å²) in [5.74, 6) is 0. The first-order valence-corrected chi connectivity index (χ1v) is 2.44. The maximum absolute atomic E-state index is 9.18. The minimum Gasteiger partial charge on any atom is -0.255 e. The Morgan fingerprint density at radius 2 is 1.50 bits per heavy atom. The average Bonchev–Trinajstić information content (AvgIpc) is 1.41. The van der Waals surface area contributed by atoms with Crippen molar-refractivity contribution in [1.29, 1.82) is 0 Å². The van der Waals surface area contributed by atoms with Crippen LogP contribution in [0.4, 0.5) is 0 Å². The van der Waals surface area contributed by atoms with Crippen LogP contribution < -0.4 is 4.86 Å². The van der Waals surface area contributed by atoms with Crippen molar-refractivity contribution in [2.75, 3.05) is 0 Å². The van der Waals surface area contributed by atoms with Crippen LogP contribution >= 0.6 is 17.2 Å². The third-order valence-electron chi connectivity index (χ3n) is 0.0816. The average molecular weight is 161 g/mol. The van der Waals surface area contributed by atoms with Crippen molar-refractivity contribution in [3.05, 3.63) is 0 Å². The molecule has 0 radical (unpaired) electrons. The Labute approximate surface area is 49.1 Å². The molecule has 0 atom stereocenters. The SMILES string of the molecule is O=PNP=O.[Cr]. The van der Waals surface area contributed by atoms with Crippen molar-refractivity contribution in [3.63, 3.8) is 0 Å². The van der Waals surface area contributed by atoms with Gasteiger partial charge in [-0.3, -0.25) is 9.13 Å². The van der Waals surface area contributed by atoms with E-state index >= 15 is 0 Å². The molecule has 0 saturated carbocycles. The van der Waals surface area contributed by atoms with Crippen molar-refractivity contribution < 1.29 is 26.5 Å². The summed E-state index contributed by atoms with van der Waals surface area (Å²) in [4.78, 5) is 1.94. The number of rotatable bonds is 2. The van der Waals surface area contributed by atoms with E-state index in [0.29, 0.717) is 0 Å². The first kappa shape index (κ1) is 9.85. The minimum atomic E-state index is -0.295. The monoisotopic (exact) mass is 161 g/mol. The van der Waals surface area contributed by atoms with Gasteiger partial charge < -0.3 is 0 Å². The van der Waals surface area contributed by atoms with E-state index in [2.05, 4.69) is 0 Å². The molecule has 0 rings (SSSR count). The smallest absolute Gasteiger partial charge is 0.255 e. The van der Waals surface area contributed by atoms with E-state index in [1.54, 1.807) is 0 Å². The number of hydrogen-bond donors (Lipinski definition) is 1. The second-order valence-electron chi connectivity index (χ2n) is 0.283. The zero-order valence-corrected chi connectivity index (χ0v) is 5.68. The normalized spacial score (nSPS) is 8.00. The Hall–Kier alpha value is 0.692. The van der Waals surface area contributed by atoms with E-state index in [4.69, 9.17) is 0 Å². The van der Waals surface area contributed by atoms with E-state index in [1.807, 2.05) is 4.86 Å². The first-order chi connectivity index (χ1) is 2.41. The Morgan fingerprint density at radius 1 is 1.17 bits per heavy atom. The molecule has 0 aromatic heterocycles. The molecule has 6 heteroatoms. The zero-order valence-electron chi connectivity index (χ0n) is 2.62. The summed E-state index contributed by atoms with van der Waals surface area (Å²) in [6.07, 6.45) is 0. The van der Waals surface area contributed by atoms with Crippen LogP contribution in [0, 0.1) is 0 Å². The third kappa shape index (κ3) is 8.83. The molecule has 0 aliphatic heterocycles. The first-order valence-electron chi connectivity index (χ1n) is 0.812. The van der Waals surface area contributed by atoms with Crippen molar-refractivity contribution in [2.24, 2.45) is 0 Å². The molecule has 3 nitrogen and oxygen atoms in total. The van der Waals surface area contributed by atoms with Crippen LogP contribution in [0.3, 0.4) is 0 Å². The second kappa shape index (κ2) is 9.19. The van der Waals surface area contributed by atoms with Crippen LogP contribution in [0.5, 0.6) is 0 Å². The summed E-state index contributed by atoms with van der Waals surface area (Å²) in [6.45, 7) is 0. The molecular formula is HCrNO2P2. The Morgan fingerprint density at radius 3 is 1.50 bits per heavy atom. The molecule has 0 unspecified atom stereocenters. The van der Waals surface area contributed by atoms with E-state index in [9.17, 15) is 9.13 Å². The topological polar surface area (TPSA) is 46.2 Å². The van der Waals surface area contributed by atoms with Gasteiger partial charge in [0, 0.05) is 17.4 Å². The molecule has 0 aliphatic carbocycles. The molecule has 6 heavy (non-hydrogen) atoms. The summed E-state index contributed by atoms with van der Waals surface area (Å²) in [7, 11) is -0.590. The molecule has 1 N–H and O–H groups in total. The van der Waals surface area contributed by atoms with Gasteiger partial charge in [-0.05, 0) is 0 Å². The molecule has 0 bridgehead atoms. The molecule has 0 aliphatic rings. The summed E-state index contributed by atoms with van der Waals surface area (Å²) in [5, 5.41) is 0. The Bertz CT molecular complexity index is 40.8. The van der Waals surface area contributed by atoms with Gasteiger partial charge in [-0.25, -0.2) is 0 Å². The molecule has 0 spiro atoms. The van der Waals surface area contributed by atoms with Gasteiger partial charge in [0.2, 0.25) is 0 Å². The molecule has 0 heterocycles. The van der Waals surface area contributed by atoms with E-state index < -0.39 is 0 Å². The summed E-state index contributed by atoms with van der Waals surface area (Å²) in [5.41, 5.74) is 0. The maximum Gasteiger partial charge on any atom is 0.257 e. The fourth-order valence-corrected chi connectivity index (χ4v) is 0.150. The van der Waals surface area contributed by atoms with Crippen LogP contribution in [-0.2, 0) is 26.5 Å². The fourth-order valence-electron chi connectivity index (χ4n) is 0.0167. The second-order valence-corrected chi connectivity index (χ2v) is 1.45.